The summed E-state index contributed by atoms with van der Waals surface area (Å²) in [6, 6.07) is 6.81. The fraction of sp³-hybridized carbons (Fsp3) is 0.478. The molecule has 3 heterocycles. The van der Waals surface area contributed by atoms with Crippen molar-refractivity contribution in [3.8, 4) is 0 Å². The van der Waals surface area contributed by atoms with Gasteiger partial charge in [0.25, 0.3) is 0 Å². The third-order valence-electron chi connectivity index (χ3n) is 7.05. The number of hydrogen-bond donors (Lipinski definition) is 1. The van der Waals surface area contributed by atoms with Crippen molar-refractivity contribution in [3.05, 3.63) is 46.9 Å². The van der Waals surface area contributed by atoms with Gasteiger partial charge in [-0.15, -0.1) is 0 Å². The van der Waals surface area contributed by atoms with Gasteiger partial charge in [-0.05, 0) is 44.7 Å². The lowest BCUT2D eigenvalue weighted by Gasteiger charge is -2.35. The van der Waals surface area contributed by atoms with Crippen LogP contribution in [0.3, 0.4) is 0 Å². The van der Waals surface area contributed by atoms with E-state index in [-0.39, 0.29) is 41.3 Å². The minimum atomic E-state index is -0.794. The number of allylic oxidation sites excluding steroid dienone is 2. The van der Waals surface area contributed by atoms with E-state index < -0.39 is 6.04 Å². The molecule has 1 aromatic carbocycles. The van der Waals surface area contributed by atoms with Gasteiger partial charge >= 0.3 is 5.69 Å². The lowest BCUT2D eigenvalue weighted by atomic mass is 9.85. The molecule has 0 unspecified atom stereocenters. The molecule has 8 nitrogen and oxygen atoms in total. The summed E-state index contributed by atoms with van der Waals surface area (Å²) < 4.78 is 1.78. The zero-order valence-electron chi connectivity index (χ0n) is 17.5. The van der Waals surface area contributed by atoms with Crippen molar-refractivity contribution < 1.29 is 14.4 Å². The number of fused-ring (bicyclic) bond motifs is 2. The summed E-state index contributed by atoms with van der Waals surface area (Å²) in [5.74, 6) is -1.29. The number of aromatic amines is 1. The molecule has 2 aromatic rings. The van der Waals surface area contributed by atoms with Gasteiger partial charge in [-0.25, -0.2) is 4.79 Å². The highest BCUT2D eigenvalue weighted by molar-refractivity contribution is 6.08. The van der Waals surface area contributed by atoms with E-state index in [0.717, 1.165) is 11.0 Å². The average Bonchev–Trinajstić information content (AvgIpc) is 3.26. The predicted molar refractivity (Wildman–Crippen MR) is 114 cm³/mol. The lowest BCUT2D eigenvalue weighted by molar-refractivity contribution is -0.151. The van der Waals surface area contributed by atoms with Crippen LogP contribution in [0.1, 0.15) is 38.6 Å². The second-order valence-corrected chi connectivity index (χ2v) is 8.75. The van der Waals surface area contributed by atoms with Crippen LogP contribution in [0.15, 0.2) is 41.2 Å². The Kier molecular flexibility index (Phi) is 4.79. The quantitative estimate of drug-likeness (QED) is 0.603. The molecule has 0 bridgehead atoms. The molecule has 1 aromatic heterocycles. The van der Waals surface area contributed by atoms with Gasteiger partial charge in [-0.2, -0.15) is 0 Å². The second-order valence-electron chi connectivity index (χ2n) is 8.75. The molecule has 0 radical (unpaired) electrons. The van der Waals surface area contributed by atoms with Crippen LogP contribution in [0, 0.1) is 11.8 Å². The summed E-state index contributed by atoms with van der Waals surface area (Å²) in [6.45, 7) is 2.63. The Morgan fingerprint density at radius 1 is 1.00 bits per heavy atom. The van der Waals surface area contributed by atoms with Gasteiger partial charge in [0.1, 0.15) is 6.04 Å². The fourth-order valence-electron chi connectivity index (χ4n) is 5.36. The minimum absolute atomic E-state index is 0.00648. The first-order valence-corrected chi connectivity index (χ1v) is 11.0. The molecule has 0 spiro atoms. The van der Waals surface area contributed by atoms with E-state index in [2.05, 4.69) is 4.98 Å². The number of H-pyrrole nitrogens is 1. The summed E-state index contributed by atoms with van der Waals surface area (Å²) >= 11 is 0. The van der Waals surface area contributed by atoms with E-state index in [4.69, 9.17) is 0 Å². The topological polar surface area (TPSA) is 95.5 Å². The van der Waals surface area contributed by atoms with Crippen LogP contribution in [-0.2, 0) is 14.4 Å². The molecule has 3 amide bonds. The minimum Gasteiger partial charge on any atom is -0.341 e. The van der Waals surface area contributed by atoms with E-state index in [1.807, 2.05) is 36.4 Å². The number of likely N-dealkylation sites (tertiary alicyclic amines) is 2. The number of rotatable bonds is 3. The number of carbonyl (C=O) groups excluding carboxylic acids is 3. The highest BCUT2D eigenvalue weighted by atomic mass is 16.2. The number of hydrogen-bond acceptors (Lipinski definition) is 4. The Morgan fingerprint density at radius 2 is 1.61 bits per heavy atom. The Hall–Kier alpha value is -3.16. The molecular formula is C23H26N4O4. The normalized spacial score (nSPS) is 25.3. The number of benzene rings is 1. The lowest BCUT2D eigenvalue weighted by Crippen LogP contribution is -2.52. The summed E-state index contributed by atoms with van der Waals surface area (Å²) in [7, 11) is 0. The monoisotopic (exact) mass is 422 g/mol. The number of amides is 3. The van der Waals surface area contributed by atoms with Gasteiger partial charge in [0.15, 0.2) is 0 Å². The smallest absolute Gasteiger partial charge is 0.326 e. The number of carbonyl (C=O) groups is 3. The molecule has 3 aliphatic rings. The zero-order valence-corrected chi connectivity index (χ0v) is 17.5. The van der Waals surface area contributed by atoms with Crippen molar-refractivity contribution in [1.29, 1.82) is 0 Å². The molecule has 2 saturated heterocycles. The number of piperidine rings is 1. The van der Waals surface area contributed by atoms with Crippen LogP contribution < -0.4 is 5.69 Å². The molecule has 5 rings (SSSR count). The van der Waals surface area contributed by atoms with Gasteiger partial charge in [-0.1, -0.05) is 24.3 Å². The summed E-state index contributed by atoms with van der Waals surface area (Å²) in [6.07, 6.45) is 6.32. The summed E-state index contributed by atoms with van der Waals surface area (Å²) in [4.78, 5) is 57.0. The van der Waals surface area contributed by atoms with E-state index in [1.54, 1.807) is 16.4 Å². The molecule has 3 atom stereocenters. The Morgan fingerprint density at radius 3 is 2.26 bits per heavy atom. The molecule has 1 N–H and O–H groups in total. The number of para-hydroxylation sites is 2. The van der Waals surface area contributed by atoms with E-state index in [0.29, 0.717) is 38.8 Å². The van der Waals surface area contributed by atoms with E-state index in [9.17, 15) is 19.2 Å². The van der Waals surface area contributed by atoms with Crippen molar-refractivity contribution >= 4 is 28.8 Å². The maximum atomic E-state index is 13.1. The van der Waals surface area contributed by atoms with Crippen molar-refractivity contribution in [2.75, 3.05) is 13.1 Å². The van der Waals surface area contributed by atoms with Gasteiger partial charge in [0, 0.05) is 19.1 Å². The first-order chi connectivity index (χ1) is 15.0. The molecule has 1 aliphatic carbocycles. The zero-order chi connectivity index (χ0) is 21.7. The Labute approximate surface area is 179 Å². The van der Waals surface area contributed by atoms with Gasteiger partial charge in [-0.3, -0.25) is 23.9 Å². The SMILES string of the molecule is C[C@H](C(=O)N1CCC(n2c(=O)[nH]c3ccccc32)CC1)N1C(=O)[C@@H]2CC=CC[C@H]2C1=O. The molecule has 2 fully saturated rings. The Bertz CT molecular complexity index is 1110. The third-order valence-corrected chi connectivity index (χ3v) is 7.05. The summed E-state index contributed by atoms with van der Waals surface area (Å²) in [5.41, 5.74) is 1.54. The van der Waals surface area contributed by atoms with Gasteiger partial charge in [0.05, 0.1) is 22.9 Å². The molecule has 8 heteroatoms. The van der Waals surface area contributed by atoms with E-state index >= 15 is 0 Å². The maximum Gasteiger partial charge on any atom is 0.326 e. The van der Waals surface area contributed by atoms with Crippen LogP contribution in [0.2, 0.25) is 0 Å². The largest absolute Gasteiger partial charge is 0.341 e. The van der Waals surface area contributed by atoms with Crippen molar-refractivity contribution in [3.63, 3.8) is 0 Å². The molecule has 162 valence electrons. The van der Waals surface area contributed by atoms with Crippen LogP contribution in [0.4, 0.5) is 0 Å². The predicted octanol–water partition coefficient (Wildman–Crippen LogP) is 1.83. The molecule has 0 saturated carbocycles. The standard InChI is InChI=1S/C23H26N4O4/c1-14(26-21(29)16-6-2-3-7-17(16)22(26)30)20(28)25-12-10-15(11-13-25)27-19-9-5-4-8-18(19)24-23(27)31/h2-5,8-9,14-17H,6-7,10-13H2,1H3,(H,24,31)/t14-,16-,17-/m1/s1. The van der Waals surface area contributed by atoms with Crippen LogP contribution >= 0.6 is 0 Å². The highest BCUT2D eigenvalue weighted by Gasteiger charge is 2.50. The van der Waals surface area contributed by atoms with Crippen LogP contribution in [0.5, 0.6) is 0 Å². The third kappa shape index (κ3) is 3.12. The van der Waals surface area contributed by atoms with Crippen LogP contribution in [0.25, 0.3) is 11.0 Å². The average molecular weight is 422 g/mol. The number of imidazole rings is 1. The van der Waals surface area contributed by atoms with Crippen molar-refractivity contribution in [1.82, 2.24) is 19.4 Å². The molecular weight excluding hydrogens is 396 g/mol. The van der Waals surface area contributed by atoms with Crippen molar-refractivity contribution in [2.24, 2.45) is 11.8 Å². The summed E-state index contributed by atoms with van der Waals surface area (Å²) in [5, 5.41) is 0. The van der Waals surface area contributed by atoms with Gasteiger partial charge in [0.2, 0.25) is 17.7 Å². The van der Waals surface area contributed by atoms with Crippen LogP contribution in [-0.4, -0.2) is 56.2 Å². The molecule has 2 aliphatic heterocycles. The van der Waals surface area contributed by atoms with Gasteiger partial charge < -0.3 is 9.88 Å². The Balaban J connectivity index is 1.28. The highest BCUT2D eigenvalue weighted by Crippen LogP contribution is 2.36. The number of aromatic nitrogens is 2. The fourth-order valence-corrected chi connectivity index (χ4v) is 5.36. The first kappa shape index (κ1) is 19.8. The van der Waals surface area contributed by atoms with E-state index in [1.165, 1.54) is 4.90 Å². The molecule has 31 heavy (non-hydrogen) atoms. The number of imide groups is 1. The second kappa shape index (κ2) is 7.51. The number of nitrogens with one attached hydrogen (secondary N) is 1. The number of nitrogens with zero attached hydrogens (tertiary/aromatic N) is 3. The first-order valence-electron chi connectivity index (χ1n) is 11.0. The van der Waals surface area contributed by atoms with Crippen molar-refractivity contribution in [2.45, 2.75) is 44.7 Å². The maximum absolute atomic E-state index is 13.1.